The quantitative estimate of drug-likeness (QED) is 0.830. The molecular formula is C11H7F3N4O2. The molecular weight excluding hydrogens is 277 g/mol. The van der Waals surface area contributed by atoms with Crippen LogP contribution >= 0.6 is 0 Å². The molecule has 1 aliphatic rings. The zero-order valence-electron chi connectivity index (χ0n) is 9.70. The lowest BCUT2D eigenvalue weighted by atomic mass is 10.2. The molecule has 20 heavy (non-hydrogen) atoms. The van der Waals surface area contributed by atoms with E-state index in [0.29, 0.717) is 17.0 Å². The Hall–Kier alpha value is -2.55. The van der Waals surface area contributed by atoms with E-state index < -0.39 is 35.4 Å². The van der Waals surface area contributed by atoms with E-state index >= 15 is 0 Å². The van der Waals surface area contributed by atoms with Crippen molar-refractivity contribution in [3.63, 3.8) is 0 Å². The normalized spacial score (nSPS) is 17.9. The van der Waals surface area contributed by atoms with E-state index in [1.54, 1.807) is 0 Å². The summed E-state index contributed by atoms with van der Waals surface area (Å²) in [4.78, 5) is 4.26. The van der Waals surface area contributed by atoms with Crippen molar-refractivity contribution in [2.75, 3.05) is 4.90 Å². The molecule has 6 nitrogen and oxygen atoms in total. The molecule has 2 N–H and O–H groups in total. The van der Waals surface area contributed by atoms with E-state index in [1.165, 1.54) is 0 Å². The van der Waals surface area contributed by atoms with Crippen LogP contribution in [0.2, 0.25) is 0 Å². The minimum Gasteiger partial charge on any atom is -0.494 e. The molecule has 1 atom stereocenters. The molecule has 0 saturated carbocycles. The van der Waals surface area contributed by atoms with E-state index in [4.69, 9.17) is 0 Å². The molecule has 1 unspecified atom stereocenters. The highest BCUT2D eigenvalue weighted by Crippen LogP contribution is 2.34. The molecule has 0 aliphatic carbocycles. The molecule has 0 bridgehead atoms. The first-order valence-electron chi connectivity index (χ1n) is 5.41. The minimum absolute atomic E-state index is 0.106. The first-order chi connectivity index (χ1) is 9.49. The van der Waals surface area contributed by atoms with E-state index in [1.807, 2.05) is 0 Å². The van der Waals surface area contributed by atoms with Crippen molar-refractivity contribution in [1.82, 2.24) is 14.8 Å². The largest absolute Gasteiger partial charge is 0.494 e. The molecule has 0 spiro atoms. The van der Waals surface area contributed by atoms with Gasteiger partial charge in [-0.2, -0.15) is 9.78 Å². The van der Waals surface area contributed by atoms with Crippen LogP contribution in [-0.4, -0.2) is 25.0 Å². The van der Waals surface area contributed by atoms with Crippen LogP contribution in [0.15, 0.2) is 24.3 Å². The van der Waals surface area contributed by atoms with Crippen LogP contribution < -0.4 is 4.90 Å². The molecule has 1 aromatic heterocycles. The van der Waals surface area contributed by atoms with Crippen molar-refractivity contribution < 1.29 is 23.4 Å². The molecule has 1 aromatic carbocycles. The van der Waals surface area contributed by atoms with Gasteiger partial charge in [0, 0.05) is 18.2 Å². The van der Waals surface area contributed by atoms with Crippen LogP contribution in [0.4, 0.5) is 18.9 Å². The molecule has 2 aromatic rings. The number of hydrogen-bond donors (Lipinski definition) is 2. The highest BCUT2D eigenvalue weighted by Gasteiger charge is 2.33. The van der Waals surface area contributed by atoms with Gasteiger partial charge in [-0.25, -0.2) is 18.2 Å². The fraction of sp³-hybridized carbons (Fsp3) is 0.0909. The van der Waals surface area contributed by atoms with Crippen molar-refractivity contribution in [2.45, 2.75) is 6.35 Å². The molecule has 104 valence electrons. The van der Waals surface area contributed by atoms with Gasteiger partial charge in [0.15, 0.2) is 23.3 Å². The first kappa shape index (κ1) is 12.5. The van der Waals surface area contributed by atoms with Crippen molar-refractivity contribution in [3.8, 4) is 0 Å². The van der Waals surface area contributed by atoms with Gasteiger partial charge in [-0.3, -0.25) is 4.90 Å². The number of aliphatic hydroxyl groups is 2. The average Bonchev–Trinajstić information content (AvgIpc) is 2.80. The van der Waals surface area contributed by atoms with E-state index in [2.05, 4.69) is 10.1 Å². The summed E-state index contributed by atoms with van der Waals surface area (Å²) in [5.41, 5.74) is -0.797. The number of hydrogen-bond acceptors (Lipinski definition) is 5. The number of aliphatic hydroxyl groups excluding tert-OH is 2. The number of nitrogens with zero attached hydrogens (tertiary/aromatic N) is 4. The summed E-state index contributed by atoms with van der Waals surface area (Å²) < 4.78 is 41.3. The van der Waals surface area contributed by atoms with Crippen molar-refractivity contribution in [2.24, 2.45) is 0 Å². The Morgan fingerprint density at radius 2 is 1.80 bits per heavy atom. The number of aromatic nitrogens is 3. The third-order valence-corrected chi connectivity index (χ3v) is 2.78. The lowest BCUT2D eigenvalue weighted by molar-refractivity contribution is 0.0758. The zero-order chi connectivity index (χ0) is 14.4. The van der Waals surface area contributed by atoms with Crippen LogP contribution in [0.25, 0.3) is 6.08 Å². The van der Waals surface area contributed by atoms with Gasteiger partial charge in [0.2, 0.25) is 6.35 Å². The van der Waals surface area contributed by atoms with Crippen LogP contribution in [-0.2, 0) is 0 Å². The maximum atomic E-state index is 13.7. The predicted octanol–water partition coefficient (Wildman–Crippen LogP) is 1.52. The zero-order valence-corrected chi connectivity index (χ0v) is 9.70. The Morgan fingerprint density at radius 3 is 2.45 bits per heavy atom. The number of halogens is 3. The van der Waals surface area contributed by atoms with E-state index in [-0.39, 0.29) is 5.82 Å². The summed E-state index contributed by atoms with van der Waals surface area (Å²) in [5, 5.41) is 23.5. The smallest absolute Gasteiger partial charge is 0.236 e. The maximum Gasteiger partial charge on any atom is 0.236 e. The minimum atomic E-state index is -1.72. The van der Waals surface area contributed by atoms with Gasteiger partial charge >= 0.3 is 0 Å². The molecule has 0 fully saturated rings. The molecule has 3 rings (SSSR count). The van der Waals surface area contributed by atoms with Crippen LogP contribution in [0, 0.1) is 17.5 Å². The van der Waals surface area contributed by atoms with Gasteiger partial charge < -0.3 is 10.2 Å². The summed E-state index contributed by atoms with van der Waals surface area (Å²) in [6.45, 7) is 0. The summed E-state index contributed by atoms with van der Waals surface area (Å²) in [6.07, 6.45) is 0.442. The highest BCUT2D eigenvalue weighted by atomic mass is 19.1. The summed E-state index contributed by atoms with van der Waals surface area (Å²) in [6, 6.07) is 0.880. The second kappa shape index (κ2) is 4.23. The lowest BCUT2D eigenvalue weighted by Gasteiger charge is -2.32. The van der Waals surface area contributed by atoms with Gasteiger partial charge in [-0.15, -0.1) is 0 Å². The van der Waals surface area contributed by atoms with Crippen molar-refractivity contribution >= 4 is 11.8 Å². The second-order valence-corrected chi connectivity index (χ2v) is 4.00. The van der Waals surface area contributed by atoms with Gasteiger partial charge in [0.25, 0.3) is 0 Å². The summed E-state index contributed by atoms with van der Waals surface area (Å²) in [5.74, 6) is -4.20. The monoisotopic (exact) mass is 284 g/mol. The fourth-order valence-corrected chi connectivity index (χ4v) is 1.95. The van der Waals surface area contributed by atoms with Crippen LogP contribution in [0.1, 0.15) is 12.2 Å². The Morgan fingerprint density at radius 1 is 1.15 bits per heavy atom. The van der Waals surface area contributed by atoms with Gasteiger partial charge in [0.05, 0.1) is 0 Å². The van der Waals surface area contributed by atoms with Crippen LogP contribution in [0.5, 0.6) is 0 Å². The Bertz CT molecular complexity index is 692. The standard InChI is InChI=1S/C11H7F3N4O2/c12-5-1-6(13)10(7(14)2-5)17-9(19)3-8-15-4-16-18(8)11(17)20/h1-4,11,19-20H. The highest BCUT2D eigenvalue weighted by molar-refractivity contribution is 5.60. The molecule has 0 saturated heterocycles. The van der Waals surface area contributed by atoms with Gasteiger partial charge in [0.1, 0.15) is 17.8 Å². The Balaban J connectivity index is 2.16. The molecule has 0 amide bonds. The lowest BCUT2D eigenvalue weighted by Crippen LogP contribution is -2.37. The summed E-state index contributed by atoms with van der Waals surface area (Å²) >= 11 is 0. The molecule has 9 heteroatoms. The SMILES string of the molecule is OC1=Cc2ncnn2C(O)N1c1c(F)cc(F)cc1F. The topological polar surface area (TPSA) is 74.4 Å². The van der Waals surface area contributed by atoms with E-state index in [9.17, 15) is 23.4 Å². The third-order valence-electron chi connectivity index (χ3n) is 2.78. The molecule has 0 radical (unpaired) electrons. The van der Waals surface area contributed by atoms with Crippen molar-refractivity contribution in [1.29, 1.82) is 0 Å². The van der Waals surface area contributed by atoms with Crippen molar-refractivity contribution in [3.05, 3.63) is 47.6 Å². The number of benzene rings is 1. The number of rotatable bonds is 1. The third kappa shape index (κ3) is 1.71. The van der Waals surface area contributed by atoms with E-state index in [0.717, 1.165) is 17.1 Å². The van der Waals surface area contributed by atoms with Gasteiger partial charge in [-0.05, 0) is 0 Å². The van der Waals surface area contributed by atoms with Crippen LogP contribution in [0.3, 0.4) is 0 Å². The summed E-state index contributed by atoms with van der Waals surface area (Å²) in [7, 11) is 0. The average molecular weight is 284 g/mol. The number of fused-ring (bicyclic) bond motifs is 1. The Kier molecular flexibility index (Phi) is 2.64. The second-order valence-electron chi connectivity index (χ2n) is 4.00. The Labute approximate surface area is 110 Å². The predicted molar refractivity (Wildman–Crippen MR) is 60.7 cm³/mol. The first-order valence-corrected chi connectivity index (χ1v) is 5.41. The number of anilines is 1. The fourth-order valence-electron chi connectivity index (χ4n) is 1.95. The van der Waals surface area contributed by atoms with Gasteiger partial charge in [-0.1, -0.05) is 0 Å². The maximum absolute atomic E-state index is 13.7. The molecule has 1 aliphatic heterocycles. The molecule has 2 heterocycles.